The van der Waals surface area contributed by atoms with Gasteiger partial charge in [0.1, 0.15) is 18.5 Å². The van der Waals surface area contributed by atoms with Crippen molar-refractivity contribution < 1.29 is 13.9 Å². The van der Waals surface area contributed by atoms with E-state index in [9.17, 15) is 9.18 Å². The summed E-state index contributed by atoms with van der Waals surface area (Å²) in [5.41, 5.74) is 0.776. The molecule has 0 spiro atoms. The van der Waals surface area contributed by atoms with Crippen LogP contribution in [0.25, 0.3) is 0 Å². The monoisotopic (exact) mass is 239 g/mol. The first-order valence-corrected chi connectivity index (χ1v) is 5.63. The number of rotatable bonds is 5. The van der Waals surface area contributed by atoms with Gasteiger partial charge in [-0.1, -0.05) is 26.0 Å². The molecule has 0 bridgehead atoms. The van der Waals surface area contributed by atoms with Gasteiger partial charge in [-0.2, -0.15) is 0 Å². The second kappa shape index (κ2) is 6.35. The Balaban J connectivity index is 2.50. The Morgan fingerprint density at radius 3 is 2.41 bits per heavy atom. The summed E-state index contributed by atoms with van der Waals surface area (Å²) in [4.78, 5) is 11.7. The number of hydrogen-bond donors (Lipinski definition) is 1. The number of esters is 1. The minimum atomic E-state index is -0.310. The Morgan fingerprint density at radius 2 is 1.94 bits per heavy atom. The number of carbonyl (C=O) groups excluding carboxylic acids is 1. The highest BCUT2D eigenvalue weighted by Gasteiger charge is 2.21. The van der Waals surface area contributed by atoms with Crippen molar-refractivity contribution in [3.05, 3.63) is 35.6 Å². The fourth-order valence-corrected chi connectivity index (χ4v) is 1.55. The molecule has 0 radical (unpaired) electrons. The lowest BCUT2D eigenvalue weighted by Crippen LogP contribution is -2.39. The molecule has 4 heteroatoms. The van der Waals surface area contributed by atoms with Crippen molar-refractivity contribution in [3.8, 4) is 0 Å². The second-order valence-electron chi connectivity index (χ2n) is 4.24. The Labute approximate surface area is 101 Å². The van der Waals surface area contributed by atoms with E-state index in [1.807, 2.05) is 13.8 Å². The van der Waals surface area contributed by atoms with Gasteiger partial charge in [-0.05, 0) is 30.7 Å². The molecular weight excluding hydrogens is 221 g/mol. The third kappa shape index (κ3) is 4.15. The van der Waals surface area contributed by atoms with E-state index in [0.717, 1.165) is 5.56 Å². The molecule has 0 aliphatic heterocycles. The van der Waals surface area contributed by atoms with Crippen molar-refractivity contribution >= 4 is 5.97 Å². The molecule has 1 rings (SSSR count). The minimum absolute atomic E-state index is 0.167. The zero-order valence-electron chi connectivity index (χ0n) is 10.4. The smallest absolute Gasteiger partial charge is 0.323 e. The fraction of sp³-hybridized carbons (Fsp3) is 0.462. The summed E-state index contributed by atoms with van der Waals surface area (Å²) in [7, 11) is 1.73. The largest absolute Gasteiger partial charge is 0.460 e. The molecule has 3 nitrogen and oxygen atoms in total. The normalized spacial score (nSPS) is 12.5. The van der Waals surface area contributed by atoms with E-state index in [0.29, 0.717) is 0 Å². The van der Waals surface area contributed by atoms with Gasteiger partial charge in [0, 0.05) is 0 Å². The second-order valence-corrected chi connectivity index (χ2v) is 4.24. The Hall–Kier alpha value is -1.42. The lowest BCUT2D eigenvalue weighted by atomic mass is 10.1. The fourth-order valence-electron chi connectivity index (χ4n) is 1.55. The molecule has 0 heterocycles. The first kappa shape index (κ1) is 13.6. The number of likely N-dealkylation sites (N-methyl/N-ethyl adjacent to an activating group) is 1. The van der Waals surface area contributed by atoms with Gasteiger partial charge in [0.05, 0.1) is 0 Å². The molecule has 0 fully saturated rings. The van der Waals surface area contributed by atoms with E-state index in [1.54, 1.807) is 19.2 Å². The minimum Gasteiger partial charge on any atom is -0.460 e. The Kier molecular flexibility index (Phi) is 5.10. The third-order valence-corrected chi connectivity index (χ3v) is 2.53. The van der Waals surface area contributed by atoms with Gasteiger partial charge in [-0.15, -0.1) is 0 Å². The van der Waals surface area contributed by atoms with Gasteiger partial charge >= 0.3 is 5.97 Å². The van der Waals surface area contributed by atoms with E-state index in [2.05, 4.69) is 5.32 Å². The van der Waals surface area contributed by atoms with E-state index >= 15 is 0 Å². The van der Waals surface area contributed by atoms with Crippen molar-refractivity contribution in [3.63, 3.8) is 0 Å². The maximum Gasteiger partial charge on any atom is 0.323 e. The first-order chi connectivity index (χ1) is 8.04. The first-order valence-electron chi connectivity index (χ1n) is 5.63. The molecule has 0 aromatic heterocycles. The van der Waals surface area contributed by atoms with Crippen LogP contribution >= 0.6 is 0 Å². The highest BCUT2D eigenvalue weighted by Crippen LogP contribution is 2.07. The highest BCUT2D eigenvalue weighted by atomic mass is 19.1. The summed E-state index contributed by atoms with van der Waals surface area (Å²) in [6, 6.07) is 5.59. The zero-order valence-corrected chi connectivity index (χ0v) is 10.4. The van der Waals surface area contributed by atoms with Crippen LogP contribution in [0.2, 0.25) is 0 Å². The number of hydrogen-bond acceptors (Lipinski definition) is 3. The van der Waals surface area contributed by atoms with Crippen LogP contribution in [-0.4, -0.2) is 19.1 Å². The summed E-state index contributed by atoms with van der Waals surface area (Å²) in [6.07, 6.45) is 0. The molecule has 0 saturated carbocycles. The summed E-state index contributed by atoms with van der Waals surface area (Å²) >= 11 is 0. The van der Waals surface area contributed by atoms with Crippen LogP contribution in [0.3, 0.4) is 0 Å². The van der Waals surface area contributed by atoms with E-state index in [-0.39, 0.29) is 30.4 Å². The van der Waals surface area contributed by atoms with Crippen molar-refractivity contribution in [2.75, 3.05) is 7.05 Å². The maximum atomic E-state index is 12.7. The van der Waals surface area contributed by atoms with E-state index in [4.69, 9.17) is 4.74 Å². The zero-order chi connectivity index (χ0) is 12.8. The van der Waals surface area contributed by atoms with Crippen LogP contribution in [0.15, 0.2) is 24.3 Å². The molecule has 1 aromatic rings. The van der Waals surface area contributed by atoms with Crippen molar-refractivity contribution in [1.82, 2.24) is 5.32 Å². The lowest BCUT2D eigenvalue weighted by Gasteiger charge is -2.18. The van der Waals surface area contributed by atoms with Gasteiger partial charge in [0.2, 0.25) is 0 Å². The van der Waals surface area contributed by atoms with Gasteiger partial charge in [0.25, 0.3) is 0 Å². The number of halogens is 1. The molecule has 94 valence electrons. The van der Waals surface area contributed by atoms with Crippen molar-refractivity contribution in [1.29, 1.82) is 0 Å². The molecule has 0 aliphatic rings. The van der Waals surface area contributed by atoms with Crippen LogP contribution in [0, 0.1) is 11.7 Å². The van der Waals surface area contributed by atoms with Crippen LogP contribution in [0.4, 0.5) is 4.39 Å². The Morgan fingerprint density at radius 1 is 1.35 bits per heavy atom. The summed E-state index contributed by atoms with van der Waals surface area (Å²) in [5.74, 6) is -0.414. The highest BCUT2D eigenvalue weighted by molar-refractivity contribution is 5.76. The van der Waals surface area contributed by atoms with Crippen LogP contribution in [-0.2, 0) is 16.1 Å². The van der Waals surface area contributed by atoms with Crippen LogP contribution < -0.4 is 5.32 Å². The molecule has 1 aromatic carbocycles. The van der Waals surface area contributed by atoms with E-state index < -0.39 is 0 Å². The molecule has 0 saturated heterocycles. The van der Waals surface area contributed by atoms with Crippen molar-refractivity contribution in [2.24, 2.45) is 5.92 Å². The van der Waals surface area contributed by atoms with Gasteiger partial charge in [0.15, 0.2) is 0 Å². The molecule has 1 N–H and O–H groups in total. The number of carbonyl (C=O) groups is 1. The average Bonchev–Trinajstić information content (AvgIpc) is 2.28. The van der Waals surface area contributed by atoms with Crippen LogP contribution in [0.5, 0.6) is 0 Å². The SMILES string of the molecule is CN[C@H](C(=O)OCc1ccc(F)cc1)C(C)C. The van der Waals surface area contributed by atoms with Gasteiger partial charge in [-0.25, -0.2) is 4.39 Å². The number of nitrogens with one attached hydrogen (secondary N) is 1. The number of benzene rings is 1. The molecule has 0 aliphatic carbocycles. The maximum absolute atomic E-state index is 12.7. The summed E-state index contributed by atoms with van der Waals surface area (Å²) < 4.78 is 17.8. The summed E-state index contributed by atoms with van der Waals surface area (Å²) in [6.45, 7) is 4.06. The predicted octanol–water partition coefficient (Wildman–Crippen LogP) is 2.11. The van der Waals surface area contributed by atoms with Gasteiger partial charge < -0.3 is 10.1 Å². The lowest BCUT2D eigenvalue weighted by molar-refractivity contribution is -0.148. The number of ether oxygens (including phenoxy) is 1. The average molecular weight is 239 g/mol. The molecule has 0 unspecified atom stereocenters. The molecule has 17 heavy (non-hydrogen) atoms. The standard InChI is InChI=1S/C13H18FNO2/c1-9(2)12(15-3)13(16)17-8-10-4-6-11(14)7-5-10/h4-7,9,12,15H,8H2,1-3H3/t12-/m0/s1. The Bertz CT molecular complexity index is 362. The van der Waals surface area contributed by atoms with Crippen molar-refractivity contribution in [2.45, 2.75) is 26.5 Å². The third-order valence-electron chi connectivity index (χ3n) is 2.53. The van der Waals surface area contributed by atoms with E-state index in [1.165, 1.54) is 12.1 Å². The molecular formula is C13H18FNO2. The summed E-state index contributed by atoms with van der Waals surface area (Å²) in [5, 5.41) is 2.91. The predicted molar refractivity (Wildman–Crippen MR) is 63.9 cm³/mol. The molecule has 1 atom stereocenters. The van der Waals surface area contributed by atoms with Crippen LogP contribution in [0.1, 0.15) is 19.4 Å². The quantitative estimate of drug-likeness (QED) is 0.800. The van der Waals surface area contributed by atoms with Gasteiger partial charge in [-0.3, -0.25) is 4.79 Å². The topological polar surface area (TPSA) is 38.3 Å². The molecule has 0 amide bonds.